The molecule has 0 unspecified atom stereocenters. The van der Waals surface area contributed by atoms with E-state index in [-0.39, 0.29) is 17.1 Å². The highest BCUT2D eigenvalue weighted by Gasteiger charge is 2.28. The average molecular weight is 353 g/mol. The van der Waals surface area contributed by atoms with Crippen molar-refractivity contribution >= 4 is 5.82 Å². The number of nitrogens with one attached hydrogen (secondary N) is 1. The number of benzene rings is 1. The Hall–Kier alpha value is -3.47. The maximum absolute atomic E-state index is 12.8. The van der Waals surface area contributed by atoms with Crippen molar-refractivity contribution < 1.29 is 13.5 Å². The van der Waals surface area contributed by atoms with E-state index in [0.717, 1.165) is 16.8 Å². The lowest BCUT2D eigenvalue weighted by molar-refractivity contribution is -0.0494. The molecule has 1 aliphatic carbocycles. The first-order chi connectivity index (χ1) is 12.6. The van der Waals surface area contributed by atoms with Gasteiger partial charge in [-0.15, -0.1) is 0 Å². The molecule has 0 spiro atoms. The number of H-pyrrole nitrogens is 1. The van der Waals surface area contributed by atoms with Crippen molar-refractivity contribution in [3.8, 4) is 34.2 Å². The number of alkyl halides is 2. The van der Waals surface area contributed by atoms with Crippen LogP contribution in [0.5, 0.6) is 5.75 Å². The number of ether oxygens (including phenoxy) is 1. The van der Waals surface area contributed by atoms with E-state index in [1.165, 1.54) is 6.07 Å². The molecule has 8 heteroatoms. The Labute approximate surface area is 147 Å². The summed E-state index contributed by atoms with van der Waals surface area (Å²) in [6.07, 6.45) is 2.89. The number of nitriles is 1. The largest absolute Gasteiger partial charge is 0.434 e. The highest BCUT2D eigenvalue weighted by molar-refractivity contribution is 5.88. The van der Waals surface area contributed by atoms with Gasteiger partial charge in [-0.2, -0.15) is 19.1 Å². The van der Waals surface area contributed by atoms with Gasteiger partial charge in [-0.1, -0.05) is 18.2 Å². The Bertz CT molecular complexity index is 1040. The molecule has 6 nitrogen and oxygen atoms in total. The van der Waals surface area contributed by atoms with E-state index in [9.17, 15) is 14.0 Å². The van der Waals surface area contributed by atoms with E-state index in [4.69, 9.17) is 5.73 Å². The second kappa shape index (κ2) is 6.11. The van der Waals surface area contributed by atoms with Crippen LogP contribution in [0, 0.1) is 11.3 Å². The molecule has 0 saturated carbocycles. The number of pyridine rings is 1. The number of para-hydroxylation sites is 1. The maximum Gasteiger partial charge on any atom is 0.387 e. The van der Waals surface area contributed by atoms with Crippen LogP contribution in [0.1, 0.15) is 16.8 Å². The summed E-state index contributed by atoms with van der Waals surface area (Å²) in [6.45, 7) is -2.97. The number of halogens is 2. The Morgan fingerprint density at radius 2 is 2.04 bits per heavy atom. The van der Waals surface area contributed by atoms with Crippen LogP contribution in [0.2, 0.25) is 0 Å². The number of nitrogen functional groups attached to an aromatic ring is 1. The summed E-state index contributed by atoms with van der Waals surface area (Å²) in [5, 5.41) is 16.6. The molecule has 3 N–H and O–H groups in total. The van der Waals surface area contributed by atoms with Crippen molar-refractivity contribution in [3.63, 3.8) is 0 Å². The number of hydrogen-bond donors (Lipinski definition) is 2. The molecule has 0 saturated heterocycles. The fourth-order valence-corrected chi connectivity index (χ4v) is 3.35. The zero-order valence-electron chi connectivity index (χ0n) is 13.5. The van der Waals surface area contributed by atoms with Crippen LogP contribution in [0.15, 0.2) is 30.5 Å². The summed E-state index contributed by atoms with van der Waals surface area (Å²) in [6, 6.07) is 8.43. The second-order valence-corrected chi connectivity index (χ2v) is 5.82. The molecule has 0 amide bonds. The SMILES string of the molecule is N#Cc1c(N)nc2c(c1-c1ccccc1OC(F)F)CCc1[nH]ncc1-2. The number of anilines is 1. The van der Waals surface area contributed by atoms with Gasteiger partial charge in [0.25, 0.3) is 0 Å². The van der Waals surface area contributed by atoms with Crippen LogP contribution in [-0.2, 0) is 12.8 Å². The smallest absolute Gasteiger partial charge is 0.387 e. The molecule has 1 aromatic carbocycles. The van der Waals surface area contributed by atoms with Gasteiger partial charge in [-0.05, 0) is 24.5 Å². The molecule has 130 valence electrons. The van der Waals surface area contributed by atoms with Gasteiger partial charge in [-0.3, -0.25) is 5.10 Å². The summed E-state index contributed by atoms with van der Waals surface area (Å²) in [4.78, 5) is 4.38. The standard InChI is InChI=1S/C18H13F2N5O/c19-18(20)26-14-4-2-1-3-9(14)15-10-5-6-13-12(8-23-25-13)16(10)24-17(22)11(15)7-21/h1-4,8,18H,5-6H2,(H2,22,24)(H,23,25). The minimum Gasteiger partial charge on any atom is -0.434 e. The molecule has 2 heterocycles. The van der Waals surface area contributed by atoms with Gasteiger partial charge in [0.1, 0.15) is 23.2 Å². The van der Waals surface area contributed by atoms with Crippen LogP contribution in [-0.4, -0.2) is 21.8 Å². The summed E-state index contributed by atoms with van der Waals surface area (Å²) in [5.74, 6) is 0.0342. The lowest BCUT2D eigenvalue weighted by Gasteiger charge is -2.22. The Kier molecular flexibility index (Phi) is 3.77. The molecule has 4 rings (SSSR count). The van der Waals surface area contributed by atoms with Crippen LogP contribution in [0.25, 0.3) is 22.4 Å². The van der Waals surface area contributed by atoms with Gasteiger partial charge < -0.3 is 10.5 Å². The molecule has 0 aliphatic heterocycles. The van der Waals surface area contributed by atoms with Gasteiger partial charge in [0.2, 0.25) is 0 Å². The molecule has 3 aromatic rings. The van der Waals surface area contributed by atoms with Crippen molar-refractivity contribution in [2.45, 2.75) is 19.5 Å². The molecule has 1 aliphatic rings. The van der Waals surface area contributed by atoms with E-state index >= 15 is 0 Å². The zero-order valence-corrected chi connectivity index (χ0v) is 13.5. The average Bonchev–Trinajstić information content (AvgIpc) is 3.10. The highest BCUT2D eigenvalue weighted by atomic mass is 19.3. The summed E-state index contributed by atoms with van der Waals surface area (Å²) in [7, 11) is 0. The number of nitrogens with zero attached hydrogens (tertiary/aromatic N) is 3. The van der Waals surface area contributed by atoms with Crippen LogP contribution >= 0.6 is 0 Å². The Morgan fingerprint density at radius 3 is 2.81 bits per heavy atom. The maximum atomic E-state index is 12.8. The first-order valence-electron chi connectivity index (χ1n) is 7.89. The molecular formula is C18H13F2N5O. The van der Waals surface area contributed by atoms with Crippen LogP contribution < -0.4 is 10.5 Å². The van der Waals surface area contributed by atoms with Crippen molar-refractivity contribution in [3.05, 3.63) is 47.3 Å². The number of aryl methyl sites for hydroxylation is 1. The molecule has 0 radical (unpaired) electrons. The molecule has 2 aromatic heterocycles. The lowest BCUT2D eigenvalue weighted by atomic mass is 9.85. The highest BCUT2D eigenvalue weighted by Crippen LogP contribution is 2.43. The number of aromatic nitrogens is 3. The fourth-order valence-electron chi connectivity index (χ4n) is 3.35. The van der Waals surface area contributed by atoms with Gasteiger partial charge in [0.05, 0.1) is 11.9 Å². The minimum atomic E-state index is -2.97. The monoisotopic (exact) mass is 353 g/mol. The quantitative estimate of drug-likeness (QED) is 0.752. The molecule has 0 atom stereocenters. The molecule has 0 fully saturated rings. The summed E-state index contributed by atoms with van der Waals surface area (Å²) < 4.78 is 30.3. The van der Waals surface area contributed by atoms with Crippen molar-refractivity contribution in [1.82, 2.24) is 15.2 Å². The zero-order chi connectivity index (χ0) is 18.3. The first kappa shape index (κ1) is 16.0. The van der Waals surface area contributed by atoms with E-state index in [0.29, 0.717) is 29.7 Å². The number of hydrogen-bond acceptors (Lipinski definition) is 5. The predicted octanol–water partition coefficient (Wildman–Crippen LogP) is 3.29. The summed E-state index contributed by atoms with van der Waals surface area (Å²) >= 11 is 0. The first-order valence-corrected chi connectivity index (χ1v) is 7.89. The number of rotatable bonds is 3. The van der Waals surface area contributed by atoms with Gasteiger partial charge >= 0.3 is 6.61 Å². The van der Waals surface area contributed by atoms with Gasteiger partial charge in [0.15, 0.2) is 0 Å². The lowest BCUT2D eigenvalue weighted by Crippen LogP contribution is -2.12. The van der Waals surface area contributed by atoms with Crippen LogP contribution in [0.3, 0.4) is 0 Å². The molecule has 0 bridgehead atoms. The summed E-state index contributed by atoms with van der Waals surface area (Å²) in [5.41, 5.74) is 10.2. The fraction of sp³-hybridized carbons (Fsp3) is 0.167. The van der Waals surface area contributed by atoms with E-state index < -0.39 is 6.61 Å². The van der Waals surface area contributed by atoms with E-state index in [1.807, 2.05) is 0 Å². The third kappa shape index (κ3) is 2.45. The second-order valence-electron chi connectivity index (χ2n) is 5.82. The van der Waals surface area contributed by atoms with Crippen molar-refractivity contribution in [2.75, 3.05) is 5.73 Å². The number of nitrogens with two attached hydrogens (primary N) is 1. The topological polar surface area (TPSA) is 101 Å². The molecular weight excluding hydrogens is 340 g/mol. The number of aromatic amines is 1. The predicted molar refractivity (Wildman–Crippen MR) is 90.4 cm³/mol. The van der Waals surface area contributed by atoms with Gasteiger partial charge in [-0.25, -0.2) is 4.98 Å². The third-order valence-electron chi connectivity index (χ3n) is 4.41. The number of fused-ring (bicyclic) bond motifs is 3. The normalized spacial score (nSPS) is 12.4. The van der Waals surface area contributed by atoms with Crippen molar-refractivity contribution in [2.24, 2.45) is 0 Å². The third-order valence-corrected chi connectivity index (χ3v) is 4.41. The van der Waals surface area contributed by atoms with Gasteiger partial charge in [0, 0.05) is 22.4 Å². The minimum absolute atomic E-state index is 0.00945. The van der Waals surface area contributed by atoms with Crippen LogP contribution in [0.4, 0.5) is 14.6 Å². The van der Waals surface area contributed by atoms with Crippen molar-refractivity contribution in [1.29, 1.82) is 5.26 Å². The molecule has 26 heavy (non-hydrogen) atoms. The van der Waals surface area contributed by atoms with E-state index in [1.54, 1.807) is 24.4 Å². The Balaban J connectivity index is 2.03. The van der Waals surface area contributed by atoms with E-state index in [2.05, 4.69) is 26.0 Å². The Morgan fingerprint density at radius 1 is 1.23 bits per heavy atom.